The van der Waals surface area contributed by atoms with Crippen molar-refractivity contribution in [3.63, 3.8) is 0 Å². The molecule has 0 amide bonds. The van der Waals surface area contributed by atoms with Crippen molar-refractivity contribution in [2.45, 2.75) is 32.5 Å². The predicted molar refractivity (Wildman–Crippen MR) is 60.4 cm³/mol. The lowest BCUT2D eigenvalue weighted by atomic mass is 9.72. The Bertz CT molecular complexity index is 149. The molecular weight excluding hydrogens is 165 g/mol. The summed E-state index contributed by atoms with van der Waals surface area (Å²) in [6.45, 7) is 8.26. The predicted octanol–water partition coefficient (Wildman–Crippen LogP) is 1.81. The lowest BCUT2D eigenvalue weighted by Gasteiger charge is -2.27. The van der Waals surface area contributed by atoms with Gasteiger partial charge in [-0.2, -0.15) is 0 Å². The molecule has 0 aromatic heterocycles. The summed E-state index contributed by atoms with van der Waals surface area (Å²) in [4.78, 5) is 2.45. The molecule has 70 valence electrons. The number of hydrogen-bond donors (Lipinski definition) is 1. The highest BCUT2D eigenvalue weighted by molar-refractivity contribution is 8.07. The SMILES string of the molecule is CN1CCC(BS)CC(C)(C)C1. The van der Waals surface area contributed by atoms with Crippen LogP contribution in [0.3, 0.4) is 0 Å². The molecule has 1 aliphatic rings. The Morgan fingerprint density at radius 3 is 2.75 bits per heavy atom. The van der Waals surface area contributed by atoms with Gasteiger partial charge in [0.05, 0.1) is 0 Å². The second-order valence-corrected chi connectivity index (χ2v) is 5.31. The van der Waals surface area contributed by atoms with Crippen LogP contribution < -0.4 is 0 Å². The van der Waals surface area contributed by atoms with E-state index in [4.69, 9.17) is 0 Å². The molecule has 1 fully saturated rings. The van der Waals surface area contributed by atoms with Gasteiger partial charge in [0.25, 0.3) is 0 Å². The molecule has 0 N–H and O–H groups in total. The van der Waals surface area contributed by atoms with Crippen molar-refractivity contribution in [3.05, 3.63) is 0 Å². The maximum absolute atomic E-state index is 4.40. The molecule has 1 atom stereocenters. The van der Waals surface area contributed by atoms with Crippen molar-refractivity contribution in [1.82, 2.24) is 4.90 Å². The number of hydrogen-bond acceptors (Lipinski definition) is 2. The molecule has 0 aliphatic carbocycles. The molecule has 0 aromatic rings. The first kappa shape index (κ1) is 10.5. The van der Waals surface area contributed by atoms with Crippen LogP contribution in [0.2, 0.25) is 5.82 Å². The van der Waals surface area contributed by atoms with E-state index in [0.717, 1.165) is 12.4 Å². The molecule has 1 saturated heterocycles. The smallest absolute Gasteiger partial charge is 0.190 e. The first-order valence-corrected chi connectivity index (χ1v) is 5.46. The van der Waals surface area contributed by atoms with Crippen molar-refractivity contribution < 1.29 is 0 Å². The van der Waals surface area contributed by atoms with Gasteiger partial charge in [-0.3, -0.25) is 0 Å². The lowest BCUT2D eigenvalue weighted by molar-refractivity contribution is 0.228. The Balaban J connectivity index is 2.56. The Kier molecular flexibility index (Phi) is 3.53. The molecule has 0 bridgehead atoms. The molecule has 1 unspecified atom stereocenters. The zero-order valence-electron chi connectivity index (χ0n) is 8.51. The summed E-state index contributed by atoms with van der Waals surface area (Å²) in [5, 5.41) is 0. The Morgan fingerprint density at radius 1 is 1.50 bits per heavy atom. The molecule has 1 nitrogen and oxygen atoms in total. The summed E-state index contributed by atoms with van der Waals surface area (Å²) in [5.74, 6) is 0.827. The fraction of sp³-hybridized carbons (Fsp3) is 1.00. The monoisotopic (exact) mass is 185 g/mol. The summed E-state index contributed by atoms with van der Waals surface area (Å²) >= 11 is 4.40. The first-order chi connectivity index (χ1) is 5.53. The Labute approximate surface area is 82.5 Å². The van der Waals surface area contributed by atoms with Gasteiger partial charge in [-0.1, -0.05) is 19.7 Å². The minimum Gasteiger partial charge on any atom is -0.306 e. The molecule has 1 aliphatic heterocycles. The van der Waals surface area contributed by atoms with Gasteiger partial charge in [0, 0.05) is 6.54 Å². The minimum atomic E-state index is 0.485. The summed E-state index contributed by atoms with van der Waals surface area (Å²) in [7, 11) is 2.22. The van der Waals surface area contributed by atoms with Crippen LogP contribution in [0, 0.1) is 5.41 Å². The summed E-state index contributed by atoms with van der Waals surface area (Å²) in [6, 6.07) is 0. The summed E-state index contributed by atoms with van der Waals surface area (Å²) < 4.78 is 0. The maximum Gasteiger partial charge on any atom is 0.190 e. The molecule has 0 radical (unpaired) electrons. The van der Waals surface area contributed by atoms with Crippen LogP contribution in [-0.4, -0.2) is 31.6 Å². The van der Waals surface area contributed by atoms with E-state index < -0.39 is 0 Å². The first-order valence-electron chi connectivity index (χ1n) is 4.83. The van der Waals surface area contributed by atoms with E-state index in [1.54, 1.807) is 0 Å². The third kappa shape index (κ3) is 3.02. The van der Waals surface area contributed by atoms with E-state index in [-0.39, 0.29) is 0 Å². The van der Waals surface area contributed by atoms with Crippen molar-refractivity contribution in [1.29, 1.82) is 0 Å². The van der Waals surface area contributed by atoms with Crippen LogP contribution in [0.5, 0.6) is 0 Å². The normalized spacial score (nSPS) is 31.2. The van der Waals surface area contributed by atoms with Gasteiger partial charge >= 0.3 is 0 Å². The fourth-order valence-electron chi connectivity index (χ4n) is 2.32. The van der Waals surface area contributed by atoms with Gasteiger partial charge in [0.2, 0.25) is 0 Å². The average Bonchev–Trinajstić information content (AvgIpc) is 2.07. The van der Waals surface area contributed by atoms with Crippen LogP contribution in [-0.2, 0) is 0 Å². The highest BCUT2D eigenvalue weighted by Gasteiger charge is 2.27. The third-order valence-electron chi connectivity index (χ3n) is 2.72. The highest BCUT2D eigenvalue weighted by atomic mass is 32.1. The number of thiol groups is 1. The Hall–Kier alpha value is 0.375. The molecule has 0 aromatic carbocycles. The molecular formula is C9H20BNS. The van der Waals surface area contributed by atoms with E-state index in [1.807, 2.05) is 0 Å². The van der Waals surface area contributed by atoms with Crippen molar-refractivity contribution >= 4 is 19.0 Å². The van der Waals surface area contributed by atoms with Gasteiger partial charge in [-0.15, -0.1) is 0 Å². The molecule has 1 heterocycles. The standard InChI is InChI=1S/C9H20BNS/c1-9(2)6-8(10-12)4-5-11(3)7-9/h8,10,12H,4-7H2,1-3H3. The topological polar surface area (TPSA) is 3.24 Å². The van der Waals surface area contributed by atoms with E-state index in [9.17, 15) is 0 Å². The highest BCUT2D eigenvalue weighted by Crippen LogP contribution is 2.34. The van der Waals surface area contributed by atoms with Crippen LogP contribution in [0.15, 0.2) is 0 Å². The van der Waals surface area contributed by atoms with Crippen LogP contribution in [0.25, 0.3) is 0 Å². The van der Waals surface area contributed by atoms with Crippen molar-refractivity contribution in [2.75, 3.05) is 20.1 Å². The number of likely N-dealkylation sites (tertiary alicyclic amines) is 1. The van der Waals surface area contributed by atoms with E-state index in [2.05, 4.69) is 38.3 Å². The molecule has 0 spiro atoms. The fourth-order valence-corrected chi connectivity index (χ4v) is 2.63. The number of nitrogens with zero attached hydrogens (tertiary/aromatic N) is 1. The zero-order valence-corrected chi connectivity index (χ0v) is 9.40. The zero-order chi connectivity index (χ0) is 9.19. The number of rotatable bonds is 1. The molecule has 12 heavy (non-hydrogen) atoms. The van der Waals surface area contributed by atoms with Gasteiger partial charge in [0.15, 0.2) is 6.56 Å². The van der Waals surface area contributed by atoms with Gasteiger partial charge in [0.1, 0.15) is 0 Å². The van der Waals surface area contributed by atoms with Crippen LogP contribution in [0.4, 0.5) is 0 Å². The van der Waals surface area contributed by atoms with Gasteiger partial charge in [-0.05, 0) is 31.8 Å². The molecule has 0 saturated carbocycles. The van der Waals surface area contributed by atoms with E-state index in [1.165, 1.54) is 25.9 Å². The van der Waals surface area contributed by atoms with Crippen molar-refractivity contribution in [2.24, 2.45) is 5.41 Å². The second-order valence-electron chi connectivity index (χ2n) is 4.94. The van der Waals surface area contributed by atoms with Crippen LogP contribution in [0.1, 0.15) is 26.7 Å². The second kappa shape index (κ2) is 4.06. The molecule has 1 rings (SSSR count). The van der Waals surface area contributed by atoms with Gasteiger partial charge < -0.3 is 4.90 Å². The summed E-state index contributed by atoms with van der Waals surface area (Å²) in [6.07, 6.45) is 2.66. The lowest BCUT2D eigenvalue weighted by Crippen LogP contribution is -2.29. The van der Waals surface area contributed by atoms with E-state index in [0.29, 0.717) is 5.41 Å². The quantitative estimate of drug-likeness (QED) is 0.481. The Morgan fingerprint density at radius 2 is 2.17 bits per heavy atom. The summed E-state index contributed by atoms with van der Waals surface area (Å²) in [5.41, 5.74) is 0.485. The maximum atomic E-state index is 4.40. The average molecular weight is 185 g/mol. The van der Waals surface area contributed by atoms with Gasteiger partial charge in [-0.25, -0.2) is 12.5 Å². The van der Waals surface area contributed by atoms with Crippen LogP contribution >= 0.6 is 12.5 Å². The van der Waals surface area contributed by atoms with E-state index >= 15 is 0 Å². The third-order valence-corrected chi connectivity index (χ3v) is 3.23. The minimum absolute atomic E-state index is 0.485. The van der Waals surface area contributed by atoms with Crippen molar-refractivity contribution in [3.8, 4) is 0 Å². The molecule has 3 heteroatoms. The largest absolute Gasteiger partial charge is 0.306 e.